The van der Waals surface area contributed by atoms with E-state index in [1.807, 2.05) is 31.2 Å². The van der Waals surface area contributed by atoms with Gasteiger partial charge in [0.1, 0.15) is 5.75 Å². The smallest absolute Gasteiger partial charge is 0.309 e. The number of benzene rings is 2. The zero-order valence-corrected chi connectivity index (χ0v) is 14.1. The molecule has 5 nitrogen and oxygen atoms in total. The van der Waals surface area contributed by atoms with Gasteiger partial charge < -0.3 is 15.4 Å². The van der Waals surface area contributed by atoms with Gasteiger partial charge >= 0.3 is 11.8 Å². The molecule has 0 aliphatic heterocycles. The van der Waals surface area contributed by atoms with Crippen LogP contribution >= 0.6 is 11.6 Å². The topological polar surface area (TPSA) is 67.4 Å². The standard InChI is InChI=1S/C18H19ClN2O3/c1-2-24-16-9-5-14(6-10-16)12-21-18(23)17(22)20-11-13-3-7-15(19)8-4-13/h3-10H,2,11-12H2,1H3,(H,20,22)(H,21,23). The van der Waals surface area contributed by atoms with Gasteiger partial charge in [0, 0.05) is 18.1 Å². The molecule has 0 bridgehead atoms. The highest BCUT2D eigenvalue weighted by atomic mass is 35.5. The number of ether oxygens (including phenoxy) is 1. The average Bonchev–Trinajstić information content (AvgIpc) is 2.60. The summed E-state index contributed by atoms with van der Waals surface area (Å²) in [5.41, 5.74) is 1.75. The first-order chi connectivity index (χ1) is 11.6. The summed E-state index contributed by atoms with van der Waals surface area (Å²) in [7, 11) is 0. The van der Waals surface area contributed by atoms with Crippen LogP contribution in [-0.2, 0) is 22.7 Å². The van der Waals surface area contributed by atoms with Gasteiger partial charge in [-0.3, -0.25) is 9.59 Å². The Morgan fingerprint density at radius 1 is 0.875 bits per heavy atom. The Balaban J connectivity index is 1.76. The molecule has 0 heterocycles. The van der Waals surface area contributed by atoms with Crippen molar-refractivity contribution in [2.24, 2.45) is 0 Å². The summed E-state index contributed by atoms with van der Waals surface area (Å²) in [5, 5.41) is 5.77. The van der Waals surface area contributed by atoms with E-state index >= 15 is 0 Å². The summed E-state index contributed by atoms with van der Waals surface area (Å²) in [6.07, 6.45) is 0. The van der Waals surface area contributed by atoms with Crippen LogP contribution in [0.5, 0.6) is 5.75 Å². The molecule has 6 heteroatoms. The van der Waals surface area contributed by atoms with Crippen molar-refractivity contribution in [1.29, 1.82) is 0 Å². The van der Waals surface area contributed by atoms with Crippen molar-refractivity contribution in [3.05, 3.63) is 64.7 Å². The second-order valence-corrected chi connectivity index (χ2v) is 5.51. The van der Waals surface area contributed by atoms with Gasteiger partial charge in [0.15, 0.2) is 0 Å². The van der Waals surface area contributed by atoms with Crippen molar-refractivity contribution >= 4 is 23.4 Å². The molecule has 0 saturated carbocycles. The van der Waals surface area contributed by atoms with Crippen LogP contribution < -0.4 is 15.4 Å². The van der Waals surface area contributed by atoms with E-state index < -0.39 is 11.8 Å². The Bertz CT molecular complexity index is 684. The lowest BCUT2D eigenvalue weighted by Gasteiger charge is -2.08. The van der Waals surface area contributed by atoms with Crippen LogP contribution in [-0.4, -0.2) is 18.4 Å². The van der Waals surface area contributed by atoms with Gasteiger partial charge in [0.25, 0.3) is 0 Å². The Hall–Kier alpha value is -2.53. The molecule has 0 atom stereocenters. The molecule has 2 amide bonds. The highest BCUT2D eigenvalue weighted by Crippen LogP contribution is 2.12. The third-order valence-corrected chi connectivity index (χ3v) is 3.51. The van der Waals surface area contributed by atoms with E-state index in [2.05, 4.69) is 10.6 Å². The average molecular weight is 347 g/mol. The number of rotatable bonds is 6. The van der Waals surface area contributed by atoms with Gasteiger partial charge in [-0.25, -0.2) is 0 Å². The minimum absolute atomic E-state index is 0.270. The van der Waals surface area contributed by atoms with Crippen LogP contribution in [0.15, 0.2) is 48.5 Å². The molecule has 2 aromatic carbocycles. The lowest BCUT2D eigenvalue weighted by molar-refractivity contribution is -0.139. The summed E-state index contributed by atoms with van der Waals surface area (Å²) < 4.78 is 5.35. The summed E-state index contributed by atoms with van der Waals surface area (Å²) in [5.74, 6) is -0.568. The molecule has 126 valence electrons. The largest absolute Gasteiger partial charge is 0.494 e. The van der Waals surface area contributed by atoms with Crippen molar-refractivity contribution in [3.63, 3.8) is 0 Å². The second-order valence-electron chi connectivity index (χ2n) is 5.07. The van der Waals surface area contributed by atoms with Gasteiger partial charge in [-0.1, -0.05) is 35.9 Å². The summed E-state index contributed by atoms with van der Waals surface area (Å²) >= 11 is 5.79. The van der Waals surface area contributed by atoms with Gasteiger partial charge in [-0.15, -0.1) is 0 Å². The predicted molar refractivity (Wildman–Crippen MR) is 92.8 cm³/mol. The van der Waals surface area contributed by atoms with Crippen LogP contribution in [0.25, 0.3) is 0 Å². The predicted octanol–water partition coefficient (Wildman–Crippen LogP) is 2.67. The molecule has 0 spiro atoms. The monoisotopic (exact) mass is 346 g/mol. The molecule has 0 radical (unpaired) electrons. The van der Waals surface area contributed by atoms with Crippen molar-refractivity contribution in [2.45, 2.75) is 20.0 Å². The molecule has 2 N–H and O–H groups in total. The van der Waals surface area contributed by atoms with Crippen LogP contribution in [0.1, 0.15) is 18.1 Å². The first kappa shape index (κ1) is 17.8. The molecule has 0 aliphatic carbocycles. The Kier molecular flexibility index (Phi) is 6.63. The zero-order chi connectivity index (χ0) is 17.4. The lowest BCUT2D eigenvalue weighted by Crippen LogP contribution is -2.39. The van der Waals surface area contributed by atoms with E-state index in [0.29, 0.717) is 11.6 Å². The fraction of sp³-hybridized carbons (Fsp3) is 0.222. The summed E-state index contributed by atoms with van der Waals surface area (Å²) in [6.45, 7) is 3.06. The normalized spacial score (nSPS) is 10.1. The fourth-order valence-electron chi connectivity index (χ4n) is 2.00. The quantitative estimate of drug-likeness (QED) is 0.790. The maximum atomic E-state index is 11.8. The minimum Gasteiger partial charge on any atom is -0.494 e. The van der Waals surface area contributed by atoms with Crippen molar-refractivity contribution in [1.82, 2.24) is 10.6 Å². The molecule has 2 aromatic rings. The first-order valence-corrected chi connectivity index (χ1v) is 7.98. The fourth-order valence-corrected chi connectivity index (χ4v) is 2.12. The number of carbonyl (C=O) groups is 2. The molecule has 0 saturated heterocycles. The number of halogens is 1. The number of amides is 2. The second kappa shape index (κ2) is 8.93. The number of nitrogens with one attached hydrogen (secondary N) is 2. The number of hydrogen-bond donors (Lipinski definition) is 2. The molecule has 0 unspecified atom stereocenters. The van der Waals surface area contributed by atoms with Gasteiger partial charge in [0.05, 0.1) is 6.61 Å². The van der Waals surface area contributed by atoms with Crippen LogP contribution in [0, 0.1) is 0 Å². The molecule has 0 fully saturated rings. The summed E-state index contributed by atoms with van der Waals surface area (Å²) in [6, 6.07) is 14.4. The molecule has 0 aliphatic rings. The van der Waals surface area contributed by atoms with Crippen molar-refractivity contribution < 1.29 is 14.3 Å². The van der Waals surface area contributed by atoms with E-state index in [1.165, 1.54) is 0 Å². The SMILES string of the molecule is CCOc1ccc(CNC(=O)C(=O)NCc2ccc(Cl)cc2)cc1. The number of hydrogen-bond acceptors (Lipinski definition) is 3. The van der Waals surface area contributed by atoms with Crippen LogP contribution in [0.2, 0.25) is 5.02 Å². The van der Waals surface area contributed by atoms with Gasteiger partial charge in [-0.05, 0) is 42.3 Å². The van der Waals surface area contributed by atoms with E-state index in [0.717, 1.165) is 16.9 Å². The van der Waals surface area contributed by atoms with Crippen LogP contribution in [0.3, 0.4) is 0 Å². The van der Waals surface area contributed by atoms with E-state index in [1.54, 1.807) is 24.3 Å². The third-order valence-electron chi connectivity index (χ3n) is 3.26. The Labute approximate surface area is 146 Å². The number of carbonyl (C=O) groups excluding carboxylic acids is 2. The van der Waals surface area contributed by atoms with Crippen molar-refractivity contribution in [3.8, 4) is 5.75 Å². The Morgan fingerprint density at radius 3 is 1.79 bits per heavy atom. The molecule has 2 rings (SSSR count). The highest BCUT2D eigenvalue weighted by Gasteiger charge is 2.12. The van der Waals surface area contributed by atoms with E-state index in [9.17, 15) is 9.59 Å². The third kappa shape index (κ3) is 5.59. The first-order valence-electron chi connectivity index (χ1n) is 7.60. The molecular formula is C18H19ClN2O3. The lowest BCUT2D eigenvalue weighted by atomic mass is 10.2. The molecule has 0 aromatic heterocycles. The van der Waals surface area contributed by atoms with Crippen molar-refractivity contribution in [2.75, 3.05) is 6.61 Å². The summed E-state index contributed by atoms with van der Waals surface area (Å²) in [4.78, 5) is 23.6. The maximum Gasteiger partial charge on any atom is 0.309 e. The minimum atomic E-state index is -0.670. The highest BCUT2D eigenvalue weighted by molar-refractivity contribution is 6.35. The van der Waals surface area contributed by atoms with E-state index in [-0.39, 0.29) is 13.1 Å². The molecular weight excluding hydrogens is 328 g/mol. The van der Waals surface area contributed by atoms with Gasteiger partial charge in [0.2, 0.25) is 0 Å². The van der Waals surface area contributed by atoms with Gasteiger partial charge in [-0.2, -0.15) is 0 Å². The zero-order valence-electron chi connectivity index (χ0n) is 13.3. The van der Waals surface area contributed by atoms with E-state index in [4.69, 9.17) is 16.3 Å². The van der Waals surface area contributed by atoms with Crippen LogP contribution in [0.4, 0.5) is 0 Å². The Morgan fingerprint density at radius 2 is 1.33 bits per heavy atom. The maximum absolute atomic E-state index is 11.8. The molecule has 24 heavy (non-hydrogen) atoms.